The number of aliphatic carboxylic acids is 1. The molecule has 28 heavy (non-hydrogen) atoms. The van der Waals surface area contributed by atoms with Crippen LogP contribution >= 0.6 is 23.6 Å². The molecular weight excluding hydrogens is 404 g/mol. The summed E-state index contributed by atoms with van der Waals surface area (Å²) in [4.78, 5) is 24.8. The summed E-state index contributed by atoms with van der Waals surface area (Å²) in [6.07, 6.45) is 1.49. The zero-order valence-corrected chi connectivity index (χ0v) is 16.6. The van der Waals surface area contributed by atoms with Crippen molar-refractivity contribution in [3.8, 4) is 11.6 Å². The van der Waals surface area contributed by atoms with Crippen molar-refractivity contribution in [1.29, 1.82) is 0 Å². The predicted octanol–water partition coefficient (Wildman–Crippen LogP) is 3.23. The van der Waals surface area contributed by atoms with Gasteiger partial charge in [0.25, 0.3) is 0 Å². The molecule has 146 valence electrons. The maximum absolute atomic E-state index is 11.8. The third-order valence-electron chi connectivity index (χ3n) is 3.95. The first kappa shape index (κ1) is 19.7. The summed E-state index contributed by atoms with van der Waals surface area (Å²) in [6.45, 7) is 2.04. The molecule has 0 fully saturated rings. The first-order valence-corrected chi connectivity index (χ1v) is 9.37. The van der Waals surface area contributed by atoms with E-state index >= 15 is 0 Å². The Kier molecular flexibility index (Phi) is 5.55. The van der Waals surface area contributed by atoms with Crippen molar-refractivity contribution in [3.05, 3.63) is 44.2 Å². The van der Waals surface area contributed by atoms with Crippen LogP contribution in [0.4, 0.5) is 5.69 Å². The molecule has 0 unspecified atom stereocenters. The molecule has 0 amide bonds. The van der Waals surface area contributed by atoms with Gasteiger partial charge in [-0.05, 0) is 37.3 Å². The van der Waals surface area contributed by atoms with Gasteiger partial charge in [-0.3, -0.25) is 9.36 Å². The molecule has 1 aromatic heterocycles. The average molecular weight is 420 g/mol. The molecule has 0 bridgehead atoms. The molecule has 8 nitrogen and oxygen atoms in total. The van der Waals surface area contributed by atoms with Gasteiger partial charge in [-0.1, -0.05) is 5.73 Å². The van der Waals surface area contributed by atoms with Crippen LogP contribution in [0.3, 0.4) is 0 Å². The minimum Gasteiger partial charge on any atom is -0.493 e. The first-order valence-electron chi connectivity index (χ1n) is 8.14. The van der Waals surface area contributed by atoms with E-state index in [1.807, 2.05) is 11.8 Å². The monoisotopic (exact) mass is 420 g/mol. The number of thiazole rings is 1. The molecule has 1 aromatic carbocycles. The molecule has 0 saturated heterocycles. The Morgan fingerprint density at radius 2 is 2.18 bits per heavy atom. The Bertz CT molecular complexity index is 1080. The lowest BCUT2D eigenvalue weighted by molar-refractivity contribution is -0.137. The number of carboxylic acids is 1. The smallest absolute Gasteiger partial charge is 0.337 e. The molecule has 0 aliphatic carbocycles. The number of aromatic nitrogens is 1. The fourth-order valence-electron chi connectivity index (χ4n) is 2.66. The highest BCUT2D eigenvalue weighted by atomic mass is 32.1. The van der Waals surface area contributed by atoms with Gasteiger partial charge in [0.2, 0.25) is 11.8 Å². The Labute approximate surface area is 169 Å². The summed E-state index contributed by atoms with van der Waals surface area (Å²) in [7, 11) is 1.31. The normalized spacial score (nSPS) is 12.2. The molecule has 2 heterocycles. The number of methoxy groups -OCH3 is 1. The lowest BCUT2D eigenvalue weighted by Crippen LogP contribution is -2.18. The van der Waals surface area contributed by atoms with Crippen molar-refractivity contribution in [2.75, 3.05) is 18.6 Å². The number of esters is 1. The highest BCUT2D eigenvalue weighted by Gasteiger charge is 2.26. The molecule has 0 saturated carbocycles. The van der Waals surface area contributed by atoms with Crippen LogP contribution in [0.2, 0.25) is 0 Å². The molecule has 0 spiro atoms. The van der Waals surface area contributed by atoms with Crippen LogP contribution in [0.1, 0.15) is 22.2 Å². The number of nitrogens with zero attached hydrogens (tertiary/aromatic N) is 2. The molecule has 1 aliphatic rings. The second kappa shape index (κ2) is 7.89. The second-order valence-electron chi connectivity index (χ2n) is 5.65. The van der Waals surface area contributed by atoms with Crippen LogP contribution in [0.5, 0.6) is 11.6 Å². The van der Waals surface area contributed by atoms with Crippen LogP contribution in [0.25, 0.3) is 6.08 Å². The molecule has 1 aliphatic heterocycles. The first-order chi connectivity index (χ1) is 13.3. The number of hydrogen-bond donors (Lipinski definition) is 2. The topological polar surface area (TPSA) is 101 Å². The third-order valence-corrected chi connectivity index (χ3v) is 5.34. The lowest BCUT2D eigenvalue weighted by Gasteiger charge is -2.14. The predicted molar refractivity (Wildman–Crippen MR) is 105 cm³/mol. The Hall–Kier alpha value is -3.07. The maximum Gasteiger partial charge on any atom is 0.337 e. The number of carbonyl (C=O) groups excluding carboxylic acids is 1. The number of fused-ring (bicyclic) bond motifs is 1. The van der Waals surface area contributed by atoms with Crippen LogP contribution in [0, 0.1) is 3.95 Å². The number of anilines is 1. The van der Waals surface area contributed by atoms with E-state index in [4.69, 9.17) is 26.8 Å². The van der Waals surface area contributed by atoms with Crippen molar-refractivity contribution in [2.24, 2.45) is 0 Å². The van der Waals surface area contributed by atoms with Gasteiger partial charge in [0.15, 0.2) is 9.70 Å². The lowest BCUT2D eigenvalue weighted by atomic mass is 10.2. The third kappa shape index (κ3) is 3.65. The van der Waals surface area contributed by atoms with Crippen molar-refractivity contribution in [1.82, 2.24) is 4.57 Å². The van der Waals surface area contributed by atoms with Gasteiger partial charge in [-0.2, -0.15) is 0 Å². The van der Waals surface area contributed by atoms with E-state index < -0.39 is 18.5 Å². The summed E-state index contributed by atoms with van der Waals surface area (Å²) in [5, 5.41) is 19.1. The summed E-state index contributed by atoms with van der Waals surface area (Å²) < 4.78 is 11.9. The Morgan fingerprint density at radius 1 is 1.43 bits per heavy atom. The van der Waals surface area contributed by atoms with E-state index in [0.29, 0.717) is 34.3 Å². The van der Waals surface area contributed by atoms with E-state index in [0.717, 1.165) is 15.9 Å². The van der Waals surface area contributed by atoms with E-state index in [1.165, 1.54) is 13.2 Å². The molecule has 10 heteroatoms. The van der Waals surface area contributed by atoms with Gasteiger partial charge in [0, 0.05) is 12.6 Å². The van der Waals surface area contributed by atoms with Crippen LogP contribution in [-0.4, -0.2) is 40.4 Å². The molecule has 3 rings (SSSR count). The highest BCUT2D eigenvalue weighted by Crippen LogP contribution is 2.39. The quantitative estimate of drug-likeness (QED) is 0.432. The zero-order chi connectivity index (χ0) is 20.4. The minimum absolute atomic E-state index is 0.239. The number of rotatable bonds is 5. The molecule has 0 radical (unpaired) electrons. The van der Waals surface area contributed by atoms with Gasteiger partial charge < -0.3 is 24.6 Å². The fourth-order valence-corrected chi connectivity index (χ4v) is 3.85. The van der Waals surface area contributed by atoms with Gasteiger partial charge >= 0.3 is 11.9 Å². The van der Waals surface area contributed by atoms with E-state index in [1.54, 1.807) is 18.2 Å². The van der Waals surface area contributed by atoms with Gasteiger partial charge in [-0.25, -0.2) is 4.79 Å². The van der Waals surface area contributed by atoms with E-state index in [-0.39, 0.29) is 9.83 Å². The zero-order valence-electron chi connectivity index (χ0n) is 15.0. The standard InChI is InChI=1S/C18H16N2O6S2/c1-3-19-11-8-10(17(24)25-2)4-5-12(11)26-14(19)7-6-13-16(23)20(9-15(21)22)18(27)28-13/h4-6,8,23H,3,9H2,1-2H3,(H,21,22). The van der Waals surface area contributed by atoms with E-state index in [2.05, 4.69) is 5.73 Å². The number of hydrogen-bond acceptors (Lipinski definition) is 8. The van der Waals surface area contributed by atoms with Crippen molar-refractivity contribution >= 4 is 47.3 Å². The van der Waals surface area contributed by atoms with Gasteiger partial charge in [-0.15, -0.1) is 11.3 Å². The molecule has 2 aromatic rings. The fraction of sp³-hybridized carbons (Fsp3) is 0.222. The summed E-state index contributed by atoms with van der Waals surface area (Å²) >= 11 is 6.17. The Balaban J connectivity index is 1.98. The highest BCUT2D eigenvalue weighted by molar-refractivity contribution is 7.73. The van der Waals surface area contributed by atoms with Gasteiger partial charge in [0.1, 0.15) is 6.54 Å². The minimum atomic E-state index is -1.11. The van der Waals surface area contributed by atoms with E-state index in [9.17, 15) is 14.7 Å². The average Bonchev–Trinajstić information content (AvgIpc) is 3.16. The SMILES string of the molecule is CCN1C(=C=Cc2sc(=S)n(CC(=O)O)c2O)Oc2ccc(C(=O)OC)cc21. The number of ether oxygens (including phenoxy) is 2. The molecule has 0 atom stereocenters. The number of aromatic hydroxyl groups is 1. The largest absolute Gasteiger partial charge is 0.493 e. The van der Waals surface area contributed by atoms with Crippen LogP contribution < -0.4 is 9.64 Å². The van der Waals surface area contributed by atoms with Crippen molar-refractivity contribution in [3.63, 3.8) is 0 Å². The maximum atomic E-state index is 11.8. The summed E-state index contributed by atoms with van der Waals surface area (Å²) in [5.41, 5.74) is 4.06. The Morgan fingerprint density at radius 3 is 2.82 bits per heavy atom. The van der Waals surface area contributed by atoms with Crippen LogP contribution in [0.15, 0.2) is 29.8 Å². The second-order valence-corrected chi connectivity index (χ2v) is 7.33. The molecule has 2 N–H and O–H groups in total. The number of carbonyl (C=O) groups is 2. The van der Waals surface area contributed by atoms with Gasteiger partial charge in [0.05, 0.1) is 23.2 Å². The number of benzene rings is 1. The molecular formula is C18H16N2O6S2. The number of carboxylic acid groups (broad SMARTS) is 1. The summed E-state index contributed by atoms with van der Waals surface area (Å²) in [6, 6.07) is 4.95. The van der Waals surface area contributed by atoms with Crippen molar-refractivity contribution in [2.45, 2.75) is 13.5 Å². The summed E-state index contributed by atoms with van der Waals surface area (Å²) in [5.74, 6) is -0.853. The van der Waals surface area contributed by atoms with Crippen molar-refractivity contribution < 1.29 is 29.3 Å². The van der Waals surface area contributed by atoms with Crippen LogP contribution in [-0.2, 0) is 16.1 Å².